The van der Waals surface area contributed by atoms with E-state index >= 15 is 0 Å². The maximum atomic E-state index is 12.4. The minimum Gasteiger partial charge on any atom is -0.457 e. The van der Waals surface area contributed by atoms with Crippen LogP contribution >= 0.6 is 0 Å². The molecule has 1 unspecified atom stereocenters. The Bertz CT molecular complexity index is 430. The number of esters is 1. The number of hydrogen-bond acceptors (Lipinski definition) is 4. The van der Waals surface area contributed by atoms with Crippen molar-refractivity contribution in [2.75, 3.05) is 26.2 Å². The van der Waals surface area contributed by atoms with Gasteiger partial charge in [-0.25, -0.2) is 4.79 Å². The van der Waals surface area contributed by atoms with E-state index in [4.69, 9.17) is 0 Å². The van der Waals surface area contributed by atoms with Crippen LogP contribution in [0.5, 0.6) is 0 Å². The summed E-state index contributed by atoms with van der Waals surface area (Å²) >= 11 is 0. The average molecular weight is 334 g/mol. The van der Waals surface area contributed by atoms with Gasteiger partial charge < -0.3 is 10.1 Å². The zero-order valence-corrected chi connectivity index (χ0v) is 13.3. The summed E-state index contributed by atoms with van der Waals surface area (Å²) in [7, 11) is 0. The first-order valence-electron chi connectivity index (χ1n) is 8.60. The molecule has 3 aliphatic rings. The van der Waals surface area contributed by atoms with Gasteiger partial charge in [-0.1, -0.05) is 12.8 Å². The molecule has 0 bridgehead atoms. The minimum atomic E-state index is -4.90. The van der Waals surface area contributed by atoms with Gasteiger partial charge in [0.15, 0.2) is 0 Å². The van der Waals surface area contributed by atoms with Gasteiger partial charge in [0.05, 0.1) is 0 Å². The van der Waals surface area contributed by atoms with E-state index in [0.29, 0.717) is 6.04 Å². The largest absolute Gasteiger partial charge is 0.490 e. The normalized spacial score (nSPS) is 29.3. The van der Waals surface area contributed by atoms with Gasteiger partial charge in [-0.2, -0.15) is 13.2 Å². The maximum Gasteiger partial charge on any atom is 0.490 e. The van der Waals surface area contributed by atoms with Crippen LogP contribution in [0.3, 0.4) is 0 Å². The first-order valence-corrected chi connectivity index (χ1v) is 8.60. The molecule has 132 valence electrons. The van der Waals surface area contributed by atoms with Crippen LogP contribution in [-0.2, 0) is 9.53 Å². The van der Waals surface area contributed by atoms with Gasteiger partial charge in [0, 0.05) is 18.6 Å². The molecule has 1 atom stereocenters. The Balaban J connectivity index is 1.66. The molecule has 4 nitrogen and oxygen atoms in total. The molecule has 2 saturated heterocycles. The molecule has 3 fully saturated rings. The third-order valence-corrected chi connectivity index (χ3v) is 5.75. The van der Waals surface area contributed by atoms with Crippen LogP contribution in [0.25, 0.3) is 0 Å². The van der Waals surface area contributed by atoms with Crippen LogP contribution in [0.15, 0.2) is 0 Å². The van der Waals surface area contributed by atoms with Crippen molar-refractivity contribution in [3.63, 3.8) is 0 Å². The summed E-state index contributed by atoms with van der Waals surface area (Å²) in [6, 6.07) is 0.376. The van der Waals surface area contributed by atoms with Crippen molar-refractivity contribution >= 4 is 5.97 Å². The molecule has 0 amide bonds. The van der Waals surface area contributed by atoms with Crippen LogP contribution in [-0.4, -0.2) is 55.4 Å². The van der Waals surface area contributed by atoms with Gasteiger partial charge in [0.2, 0.25) is 0 Å². The molecule has 1 spiro atoms. The highest BCUT2D eigenvalue weighted by Crippen LogP contribution is 2.44. The van der Waals surface area contributed by atoms with E-state index in [0.717, 1.165) is 51.7 Å². The average Bonchev–Trinajstić information content (AvgIpc) is 3.13. The number of carbonyl (C=O) groups is 1. The van der Waals surface area contributed by atoms with Crippen LogP contribution in [0.2, 0.25) is 0 Å². The van der Waals surface area contributed by atoms with Gasteiger partial charge in [-0.05, 0) is 50.6 Å². The monoisotopic (exact) mass is 334 g/mol. The summed E-state index contributed by atoms with van der Waals surface area (Å²) in [5.74, 6) is -2.06. The highest BCUT2D eigenvalue weighted by atomic mass is 19.4. The van der Waals surface area contributed by atoms with Crippen molar-refractivity contribution < 1.29 is 22.7 Å². The smallest absolute Gasteiger partial charge is 0.457 e. The summed E-state index contributed by atoms with van der Waals surface area (Å²) in [5, 5.41) is 3.35. The topological polar surface area (TPSA) is 41.6 Å². The van der Waals surface area contributed by atoms with E-state index in [9.17, 15) is 18.0 Å². The molecule has 3 rings (SSSR count). The second kappa shape index (κ2) is 6.59. The lowest BCUT2D eigenvalue weighted by molar-refractivity contribution is -0.201. The lowest BCUT2D eigenvalue weighted by Gasteiger charge is -2.35. The fourth-order valence-electron chi connectivity index (χ4n) is 4.59. The number of piperidine rings is 1. The predicted molar refractivity (Wildman–Crippen MR) is 78.9 cm³/mol. The standard InChI is InChI=1S/C16H25F3N2O2/c17-16(18,19)14(22)23-10-13-9-15(5-7-20-8-6-15)11-21(13)12-3-1-2-4-12/h12-13,20H,1-11H2. The molecule has 1 aliphatic carbocycles. The first kappa shape index (κ1) is 17.0. The molecular formula is C16H25F3N2O2. The van der Waals surface area contributed by atoms with Crippen LogP contribution in [0.4, 0.5) is 13.2 Å². The summed E-state index contributed by atoms with van der Waals surface area (Å²) < 4.78 is 41.7. The fraction of sp³-hybridized carbons (Fsp3) is 0.938. The molecule has 2 aliphatic heterocycles. The molecule has 23 heavy (non-hydrogen) atoms. The lowest BCUT2D eigenvalue weighted by Crippen LogP contribution is -2.42. The number of ether oxygens (including phenoxy) is 1. The third-order valence-electron chi connectivity index (χ3n) is 5.75. The highest BCUT2D eigenvalue weighted by molar-refractivity contribution is 5.75. The quantitative estimate of drug-likeness (QED) is 0.805. The summed E-state index contributed by atoms with van der Waals surface area (Å²) in [6.45, 7) is 2.73. The predicted octanol–water partition coefficient (Wildman–Crippen LogP) is 2.48. The van der Waals surface area contributed by atoms with E-state index in [2.05, 4.69) is 15.0 Å². The molecule has 7 heteroatoms. The fourth-order valence-corrected chi connectivity index (χ4v) is 4.59. The second-order valence-electron chi connectivity index (χ2n) is 7.31. The summed E-state index contributed by atoms with van der Waals surface area (Å²) in [4.78, 5) is 13.4. The molecule has 1 saturated carbocycles. The highest BCUT2D eigenvalue weighted by Gasteiger charge is 2.48. The molecule has 0 radical (unpaired) electrons. The van der Waals surface area contributed by atoms with E-state index in [1.54, 1.807) is 0 Å². The Kier molecular flexibility index (Phi) is 4.88. The van der Waals surface area contributed by atoms with Crippen molar-refractivity contribution in [2.24, 2.45) is 5.41 Å². The Morgan fingerprint density at radius 3 is 2.48 bits per heavy atom. The number of alkyl halides is 3. The Morgan fingerprint density at radius 2 is 1.87 bits per heavy atom. The number of hydrogen-bond donors (Lipinski definition) is 1. The maximum absolute atomic E-state index is 12.4. The van der Waals surface area contributed by atoms with E-state index in [-0.39, 0.29) is 18.1 Å². The SMILES string of the molecule is O=C(OCC1CC2(CCNCC2)CN1C1CCCC1)C(F)(F)F. The third kappa shape index (κ3) is 3.82. The molecular weight excluding hydrogens is 309 g/mol. The van der Waals surface area contributed by atoms with Crippen LogP contribution in [0, 0.1) is 5.41 Å². The number of nitrogens with zero attached hydrogens (tertiary/aromatic N) is 1. The van der Waals surface area contributed by atoms with Gasteiger partial charge in [0.25, 0.3) is 0 Å². The lowest BCUT2D eigenvalue weighted by atomic mass is 9.77. The second-order valence-corrected chi connectivity index (χ2v) is 7.31. The molecule has 0 aromatic carbocycles. The Labute approximate surface area is 134 Å². The van der Waals surface area contributed by atoms with Crippen molar-refractivity contribution in [2.45, 2.75) is 63.2 Å². The molecule has 1 N–H and O–H groups in total. The summed E-state index contributed by atoms with van der Waals surface area (Å²) in [5.41, 5.74) is 0.184. The van der Waals surface area contributed by atoms with Crippen molar-refractivity contribution in [3.8, 4) is 0 Å². The van der Waals surface area contributed by atoms with Gasteiger partial charge in [-0.3, -0.25) is 4.90 Å². The van der Waals surface area contributed by atoms with Gasteiger partial charge >= 0.3 is 12.1 Å². The molecule has 2 heterocycles. The van der Waals surface area contributed by atoms with E-state index < -0.39 is 12.1 Å². The number of likely N-dealkylation sites (tertiary alicyclic amines) is 1. The molecule has 0 aromatic rings. The zero-order valence-electron chi connectivity index (χ0n) is 13.3. The Hall–Kier alpha value is -0.820. The van der Waals surface area contributed by atoms with Crippen molar-refractivity contribution in [1.29, 1.82) is 0 Å². The van der Waals surface area contributed by atoms with Crippen LogP contribution in [0.1, 0.15) is 44.9 Å². The first-order chi connectivity index (χ1) is 10.9. The molecule has 0 aromatic heterocycles. The minimum absolute atomic E-state index is 0.0671. The number of rotatable bonds is 3. The van der Waals surface area contributed by atoms with Gasteiger partial charge in [-0.15, -0.1) is 0 Å². The van der Waals surface area contributed by atoms with E-state index in [1.807, 2.05) is 0 Å². The Morgan fingerprint density at radius 1 is 1.22 bits per heavy atom. The summed E-state index contributed by atoms with van der Waals surface area (Å²) in [6.07, 6.45) is 2.64. The van der Waals surface area contributed by atoms with Crippen molar-refractivity contribution in [3.05, 3.63) is 0 Å². The van der Waals surface area contributed by atoms with Crippen LogP contribution < -0.4 is 5.32 Å². The van der Waals surface area contributed by atoms with E-state index in [1.165, 1.54) is 12.8 Å². The number of halogens is 3. The number of nitrogens with one attached hydrogen (secondary N) is 1. The zero-order chi connectivity index (χ0) is 16.5. The number of carbonyl (C=O) groups excluding carboxylic acids is 1. The van der Waals surface area contributed by atoms with Gasteiger partial charge in [0.1, 0.15) is 6.61 Å². The van der Waals surface area contributed by atoms with Crippen molar-refractivity contribution in [1.82, 2.24) is 10.2 Å².